The van der Waals surface area contributed by atoms with E-state index < -0.39 is 5.56 Å². The van der Waals surface area contributed by atoms with Gasteiger partial charge in [0.15, 0.2) is 0 Å². The Morgan fingerprint density at radius 3 is 2.47 bits per heavy atom. The number of nitrogen functional groups attached to an aromatic ring is 1. The number of nitrogens with zero attached hydrogens (tertiary/aromatic N) is 2. The first-order valence-corrected chi connectivity index (χ1v) is 9.11. The van der Waals surface area contributed by atoms with Crippen LogP contribution in [0, 0.1) is 11.3 Å². The summed E-state index contributed by atoms with van der Waals surface area (Å²) in [7, 11) is 3.15. The van der Waals surface area contributed by atoms with E-state index in [-0.39, 0.29) is 11.3 Å². The summed E-state index contributed by atoms with van der Waals surface area (Å²) < 4.78 is 10.8. The van der Waals surface area contributed by atoms with E-state index in [9.17, 15) is 10.1 Å². The van der Waals surface area contributed by atoms with Crippen molar-refractivity contribution in [3.8, 4) is 40.0 Å². The number of hydrogen-bond acceptors (Lipinski definition) is 6. The fourth-order valence-electron chi connectivity index (χ4n) is 3.43. The number of nitriles is 1. The molecule has 7 heteroatoms. The van der Waals surface area contributed by atoms with Gasteiger partial charge < -0.3 is 20.2 Å². The number of aromatic nitrogens is 2. The number of ether oxygens (including phenoxy) is 2. The summed E-state index contributed by atoms with van der Waals surface area (Å²) in [5.41, 5.74) is 8.86. The van der Waals surface area contributed by atoms with Crippen LogP contribution in [0.25, 0.3) is 33.4 Å². The smallest absolute Gasteiger partial charge is 0.269 e. The van der Waals surface area contributed by atoms with Crippen molar-refractivity contribution in [3.05, 3.63) is 70.5 Å². The molecule has 0 fully saturated rings. The molecule has 3 N–H and O–H groups in total. The topological polar surface area (TPSA) is 114 Å². The predicted octanol–water partition coefficient (Wildman–Crippen LogP) is 3.73. The van der Waals surface area contributed by atoms with Crippen LogP contribution in [0.4, 0.5) is 5.69 Å². The van der Waals surface area contributed by atoms with Gasteiger partial charge >= 0.3 is 0 Å². The Morgan fingerprint density at radius 2 is 1.80 bits per heavy atom. The molecule has 2 heterocycles. The second kappa shape index (κ2) is 7.60. The Hall–Kier alpha value is -4.31. The molecule has 0 aliphatic rings. The van der Waals surface area contributed by atoms with Crippen molar-refractivity contribution in [1.82, 2.24) is 9.97 Å². The minimum atomic E-state index is -0.576. The van der Waals surface area contributed by atoms with Gasteiger partial charge in [0.2, 0.25) is 0 Å². The zero-order chi connectivity index (χ0) is 21.3. The van der Waals surface area contributed by atoms with Gasteiger partial charge in [-0.15, -0.1) is 0 Å². The monoisotopic (exact) mass is 398 g/mol. The fraction of sp³-hybridized carbons (Fsp3) is 0.0870. The van der Waals surface area contributed by atoms with Crippen LogP contribution in [0.5, 0.6) is 11.5 Å². The van der Waals surface area contributed by atoms with Gasteiger partial charge in [-0.1, -0.05) is 30.3 Å². The predicted molar refractivity (Wildman–Crippen MR) is 115 cm³/mol. The first kappa shape index (κ1) is 19.0. The first-order chi connectivity index (χ1) is 14.6. The van der Waals surface area contributed by atoms with Gasteiger partial charge in [0.25, 0.3) is 5.56 Å². The van der Waals surface area contributed by atoms with Crippen molar-refractivity contribution >= 4 is 16.7 Å². The lowest BCUT2D eigenvalue weighted by Gasteiger charge is -2.14. The van der Waals surface area contributed by atoms with Crippen LogP contribution in [0.3, 0.4) is 0 Å². The molecule has 2 aromatic heterocycles. The van der Waals surface area contributed by atoms with E-state index in [2.05, 4.69) is 9.97 Å². The Balaban J connectivity index is 2.10. The van der Waals surface area contributed by atoms with Crippen LogP contribution in [-0.2, 0) is 0 Å². The van der Waals surface area contributed by atoms with E-state index in [1.165, 1.54) is 0 Å². The molecule has 0 bridgehead atoms. The quantitative estimate of drug-likeness (QED) is 0.541. The van der Waals surface area contributed by atoms with E-state index >= 15 is 0 Å². The zero-order valence-electron chi connectivity index (χ0n) is 16.4. The molecule has 148 valence electrons. The number of hydrogen-bond donors (Lipinski definition) is 2. The third-order valence-electron chi connectivity index (χ3n) is 4.90. The van der Waals surface area contributed by atoms with Crippen molar-refractivity contribution in [2.45, 2.75) is 0 Å². The highest BCUT2D eigenvalue weighted by molar-refractivity contribution is 6.03. The molecule has 0 saturated carbocycles. The van der Waals surface area contributed by atoms with E-state index in [1.807, 2.05) is 54.6 Å². The van der Waals surface area contributed by atoms with Gasteiger partial charge in [0, 0.05) is 17.0 Å². The summed E-state index contributed by atoms with van der Waals surface area (Å²) in [5.74, 6) is 1.22. The Labute approximate surface area is 172 Å². The molecule has 0 amide bonds. The molecule has 0 atom stereocenters. The molecule has 4 aromatic rings. The molecule has 4 rings (SSSR count). The SMILES string of the molecule is COc1ccc(-c2cc(-c3ccccc3)c3c(N)c(C#N)c(=O)[nH]c3n2)c(OC)c1. The second-order valence-corrected chi connectivity index (χ2v) is 6.57. The molecule has 7 nitrogen and oxygen atoms in total. The summed E-state index contributed by atoms with van der Waals surface area (Å²) >= 11 is 0. The third-order valence-corrected chi connectivity index (χ3v) is 4.90. The van der Waals surface area contributed by atoms with Crippen LogP contribution in [0.15, 0.2) is 59.4 Å². The largest absolute Gasteiger partial charge is 0.497 e. The lowest BCUT2D eigenvalue weighted by atomic mass is 9.97. The lowest BCUT2D eigenvalue weighted by Crippen LogP contribution is -2.14. The van der Waals surface area contributed by atoms with Gasteiger partial charge in [-0.05, 0) is 29.3 Å². The number of nitrogens with two attached hydrogens (primary N) is 1. The fourth-order valence-corrected chi connectivity index (χ4v) is 3.43. The van der Waals surface area contributed by atoms with Gasteiger partial charge in [-0.25, -0.2) is 4.98 Å². The third kappa shape index (κ3) is 3.10. The molecular weight excluding hydrogens is 380 g/mol. The Morgan fingerprint density at radius 1 is 1.03 bits per heavy atom. The molecule has 30 heavy (non-hydrogen) atoms. The molecule has 0 saturated heterocycles. The molecule has 0 radical (unpaired) electrons. The van der Waals surface area contributed by atoms with Crippen molar-refractivity contribution < 1.29 is 9.47 Å². The van der Waals surface area contributed by atoms with Crippen molar-refractivity contribution in [3.63, 3.8) is 0 Å². The molecule has 0 spiro atoms. The lowest BCUT2D eigenvalue weighted by molar-refractivity contribution is 0.395. The summed E-state index contributed by atoms with van der Waals surface area (Å²) in [4.78, 5) is 19.7. The number of nitrogens with one attached hydrogen (secondary N) is 1. The average molecular weight is 398 g/mol. The minimum absolute atomic E-state index is 0.107. The zero-order valence-corrected chi connectivity index (χ0v) is 16.4. The molecule has 2 aromatic carbocycles. The summed E-state index contributed by atoms with van der Waals surface area (Å²) in [5, 5.41) is 9.89. The second-order valence-electron chi connectivity index (χ2n) is 6.57. The highest BCUT2D eigenvalue weighted by Crippen LogP contribution is 2.38. The van der Waals surface area contributed by atoms with Crippen molar-refractivity contribution in [2.24, 2.45) is 0 Å². The molecular formula is C23H18N4O3. The van der Waals surface area contributed by atoms with Gasteiger partial charge in [-0.2, -0.15) is 5.26 Å². The van der Waals surface area contributed by atoms with Crippen molar-refractivity contribution in [2.75, 3.05) is 20.0 Å². The summed E-state index contributed by atoms with van der Waals surface area (Å²) in [6, 6.07) is 18.7. The number of aromatic amines is 1. The van der Waals surface area contributed by atoms with Crippen LogP contribution in [0.1, 0.15) is 5.56 Å². The average Bonchev–Trinajstić information content (AvgIpc) is 2.78. The van der Waals surface area contributed by atoms with Crippen LogP contribution in [-0.4, -0.2) is 24.2 Å². The van der Waals surface area contributed by atoms with E-state index in [0.29, 0.717) is 28.2 Å². The maximum Gasteiger partial charge on any atom is 0.269 e. The summed E-state index contributed by atoms with van der Waals surface area (Å²) in [6.07, 6.45) is 0. The summed E-state index contributed by atoms with van der Waals surface area (Å²) in [6.45, 7) is 0. The number of benzene rings is 2. The van der Waals surface area contributed by atoms with E-state index in [1.54, 1.807) is 20.3 Å². The number of methoxy groups -OCH3 is 2. The number of rotatable bonds is 4. The Kier molecular flexibility index (Phi) is 4.82. The molecule has 0 unspecified atom stereocenters. The maximum atomic E-state index is 12.3. The standard InChI is InChI=1S/C23H18N4O3/c1-29-14-8-9-15(19(10-14)30-2)18-11-16(13-6-4-3-5-7-13)20-21(25)17(12-24)23(28)27-22(20)26-18/h3-11H,1-2H3,(H3,25,26,27,28). The molecule has 0 aliphatic carbocycles. The van der Waals surface area contributed by atoms with Gasteiger partial charge in [-0.3, -0.25) is 4.79 Å². The van der Waals surface area contributed by atoms with Gasteiger partial charge in [0.1, 0.15) is 28.8 Å². The van der Waals surface area contributed by atoms with Crippen molar-refractivity contribution in [1.29, 1.82) is 5.26 Å². The highest BCUT2D eigenvalue weighted by atomic mass is 16.5. The van der Waals surface area contributed by atoms with E-state index in [4.69, 9.17) is 15.2 Å². The van der Waals surface area contributed by atoms with E-state index in [0.717, 1.165) is 16.7 Å². The highest BCUT2D eigenvalue weighted by Gasteiger charge is 2.18. The number of anilines is 1. The first-order valence-electron chi connectivity index (χ1n) is 9.11. The maximum absolute atomic E-state index is 12.3. The van der Waals surface area contributed by atoms with Crippen LogP contribution < -0.4 is 20.8 Å². The minimum Gasteiger partial charge on any atom is -0.497 e. The normalized spacial score (nSPS) is 10.6. The molecule has 0 aliphatic heterocycles. The number of pyridine rings is 2. The van der Waals surface area contributed by atoms with Crippen LogP contribution >= 0.6 is 0 Å². The Bertz CT molecular complexity index is 1360. The number of H-pyrrole nitrogens is 1. The number of fused-ring (bicyclic) bond motifs is 1. The van der Waals surface area contributed by atoms with Crippen LogP contribution in [0.2, 0.25) is 0 Å². The van der Waals surface area contributed by atoms with Gasteiger partial charge in [0.05, 0.1) is 25.6 Å².